The third kappa shape index (κ3) is 7.48. The van der Waals surface area contributed by atoms with Crippen molar-refractivity contribution in [3.8, 4) is 39.1 Å². The first-order valence-corrected chi connectivity index (χ1v) is 15.1. The lowest BCUT2D eigenvalue weighted by molar-refractivity contribution is -0.189. The zero-order valence-corrected chi connectivity index (χ0v) is 26.0. The van der Waals surface area contributed by atoms with Gasteiger partial charge in [-0.1, -0.05) is 56.2 Å². The van der Waals surface area contributed by atoms with Crippen molar-refractivity contribution in [3.05, 3.63) is 131 Å². The summed E-state index contributed by atoms with van der Waals surface area (Å²) in [6.45, 7) is 2.09. The Hall–Kier alpha value is -4.86. The average molecular weight is 684 g/mol. The van der Waals surface area contributed by atoms with Gasteiger partial charge in [0.2, 0.25) is 0 Å². The molecule has 0 heterocycles. The van der Waals surface area contributed by atoms with Crippen LogP contribution in [-0.2, 0) is 12.5 Å². The zero-order valence-electron chi connectivity index (χ0n) is 25.2. The highest BCUT2D eigenvalue weighted by atomic mass is 32.1. The lowest BCUT2D eigenvalue weighted by Crippen LogP contribution is -2.25. The Morgan fingerprint density at radius 2 is 1.17 bits per heavy atom. The van der Waals surface area contributed by atoms with Crippen LogP contribution in [0.4, 0.5) is 40.8 Å². The monoisotopic (exact) mass is 683 g/mol. The van der Waals surface area contributed by atoms with Gasteiger partial charge in [0.25, 0.3) is 0 Å². The van der Waals surface area contributed by atoms with E-state index in [0.717, 1.165) is 79.8 Å². The molecule has 0 N–H and O–H groups in total. The van der Waals surface area contributed by atoms with Crippen molar-refractivity contribution < 1.29 is 39.9 Å². The molecular formula is C37H25F8NOS. The van der Waals surface area contributed by atoms with Gasteiger partial charge in [-0.3, -0.25) is 0 Å². The van der Waals surface area contributed by atoms with Crippen molar-refractivity contribution in [2.24, 2.45) is 4.99 Å². The number of hydrogen-bond donors (Lipinski definition) is 0. The summed E-state index contributed by atoms with van der Waals surface area (Å²) in [5.41, 5.74) is -1.50. The molecule has 0 amide bonds. The number of benzene rings is 5. The van der Waals surface area contributed by atoms with Gasteiger partial charge < -0.3 is 4.74 Å². The maximum absolute atomic E-state index is 15.1. The van der Waals surface area contributed by atoms with Crippen molar-refractivity contribution in [2.75, 3.05) is 0 Å². The summed E-state index contributed by atoms with van der Waals surface area (Å²) >= 11 is 4.36. The number of unbranched alkanes of at least 4 members (excludes halogenated alkanes) is 2. The van der Waals surface area contributed by atoms with Gasteiger partial charge in [-0.05, 0) is 95.3 Å². The van der Waals surface area contributed by atoms with Crippen LogP contribution in [-0.4, -0.2) is 5.16 Å². The number of aryl methyl sites for hydroxylation is 1. The second-order valence-corrected chi connectivity index (χ2v) is 11.1. The highest BCUT2D eigenvalue weighted by molar-refractivity contribution is 7.78. The predicted octanol–water partition coefficient (Wildman–Crippen LogP) is 12.1. The van der Waals surface area contributed by atoms with Crippen LogP contribution in [0.1, 0.15) is 37.3 Å². The lowest BCUT2D eigenvalue weighted by Gasteiger charge is -2.20. The van der Waals surface area contributed by atoms with Gasteiger partial charge >= 0.3 is 6.11 Å². The van der Waals surface area contributed by atoms with Crippen LogP contribution in [0.2, 0.25) is 0 Å². The van der Waals surface area contributed by atoms with Crippen LogP contribution in [0.5, 0.6) is 5.75 Å². The van der Waals surface area contributed by atoms with Crippen molar-refractivity contribution in [1.82, 2.24) is 0 Å². The highest BCUT2D eigenvalue weighted by Gasteiger charge is 2.41. The Morgan fingerprint density at radius 1 is 0.625 bits per heavy atom. The van der Waals surface area contributed by atoms with Crippen LogP contribution in [0.3, 0.4) is 0 Å². The first-order chi connectivity index (χ1) is 22.9. The number of alkyl halides is 2. The molecule has 0 aliphatic rings. The molecule has 0 aromatic heterocycles. The van der Waals surface area contributed by atoms with Crippen molar-refractivity contribution in [1.29, 1.82) is 0 Å². The second kappa shape index (κ2) is 14.5. The first kappa shape index (κ1) is 34.5. The third-order valence-electron chi connectivity index (χ3n) is 7.64. The quantitative estimate of drug-likeness (QED) is 0.0598. The number of thiocarbonyl (C=S) groups is 1. The van der Waals surface area contributed by atoms with Crippen LogP contribution in [0.25, 0.3) is 33.4 Å². The Balaban J connectivity index is 1.35. The summed E-state index contributed by atoms with van der Waals surface area (Å²) in [6, 6.07) is 15.9. The fraction of sp³-hybridized carbons (Fsp3) is 0.162. The van der Waals surface area contributed by atoms with Gasteiger partial charge in [-0.25, -0.2) is 26.3 Å². The van der Waals surface area contributed by atoms with E-state index in [-0.39, 0.29) is 27.8 Å². The molecule has 5 aromatic carbocycles. The smallest absolute Gasteiger partial charge is 0.429 e. The topological polar surface area (TPSA) is 21.6 Å². The van der Waals surface area contributed by atoms with E-state index in [2.05, 4.69) is 28.9 Å². The molecule has 0 spiro atoms. The van der Waals surface area contributed by atoms with Crippen LogP contribution < -0.4 is 4.74 Å². The number of rotatable bonds is 11. The van der Waals surface area contributed by atoms with Gasteiger partial charge in [0, 0.05) is 17.2 Å². The highest BCUT2D eigenvalue weighted by Crippen LogP contribution is 2.39. The minimum absolute atomic E-state index is 0.0448. The SMILES string of the molecule is CCCCCc1ccc(-c2cc(F)c(C(F)(F)Oc3ccc(-c4ccc(-c5cc(F)c(N=C=S)c(F)c5)c(F)c4)c(F)c3)c(F)c2)cc1. The van der Waals surface area contributed by atoms with Gasteiger partial charge in [-0.15, -0.1) is 0 Å². The molecule has 11 heteroatoms. The average Bonchev–Trinajstić information content (AvgIpc) is 3.02. The predicted molar refractivity (Wildman–Crippen MR) is 171 cm³/mol. The largest absolute Gasteiger partial charge is 0.432 e. The number of nitrogens with zero attached hydrogens (tertiary/aromatic N) is 1. The molecule has 0 fully saturated rings. The Kier molecular flexibility index (Phi) is 10.4. The molecule has 0 bridgehead atoms. The normalized spacial score (nSPS) is 11.4. The fourth-order valence-electron chi connectivity index (χ4n) is 5.24. The molecule has 5 aromatic rings. The molecule has 48 heavy (non-hydrogen) atoms. The molecule has 0 radical (unpaired) electrons. The maximum atomic E-state index is 15.1. The minimum Gasteiger partial charge on any atom is -0.429 e. The number of aliphatic imine (C=N–C) groups is 1. The molecule has 246 valence electrons. The van der Waals surface area contributed by atoms with Gasteiger partial charge in [0.1, 0.15) is 40.3 Å². The molecule has 0 aliphatic carbocycles. The molecule has 0 saturated heterocycles. The van der Waals surface area contributed by atoms with E-state index in [9.17, 15) is 17.6 Å². The Morgan fingerprint density at radius 3 is 1.75 bits per heavy atom. The third-order valence-corrected chi connectivity index (χ3v) is 7.73. The van der Waals surface area contributed by atoms with E-state index in [1.54, 1.807) is 12.1 Å². The first-order valence-electron chi connectivity index (χ1n) is 14.7. The second-order valence-electron chi connectivity index (χ2n) is 10.9. The molecule has 2 nitrogen and oxygen atoms in total. The summed E-state index contributed by atoms with van der Waals surface area (Å²) in [7, 11) is 0. The number of isothiocyanates is 1. The van der Waals surface area contributed by atoms with Crippen molar-refractivity contribution in [2.45, 2.75) is 38.7 Å². The Labute approximate surface area is 276 Å². The fourth-order valence-corrected chi connectivity index (χ4v) is 5.33. The van der Waals surface area contributed by atoms with Crippen LogP contribution in [0.15, 0.2) is 89.9 Å². The summed E-state index contributed by atoms with van der Waals surface area (Å²) in [5, 5.41) is 1.85. The molecule has 0 atom stereocenters. The van der Waals surface area contributed by atoms with E-state index < -0.39 is 58.0 Å². The van der Waals surface area contributed by atoms with Gasteiger partial charge in [0.15, 0.2) is 11.6 Å². The maximum Gasteiger partial charge on any atom is 0.432 e. The Bertz CT molecular complexity index is 1980. The van der Waals surface area contributed by atoms with E-state index in [1.165, 1.54) is 6.07 Å². The minimum atomic E-state index is -4.54. The molecule has 0 saturated carbocycles. The van der Waals surface area contributed by atoms with Gasteiger partial charge in [-0.2, -0.15) is 13.8 Å². The number of halogens is 8. The van der Waals surface area contributed by atoms with Crippen molar-refractivity contribution >= 4 is 23.1 Å². The van der Waals surface area contributed by atoms with E-state index in [0.29, 0.717) is 11.6 Å². The lowest BCUT2D eigenvalue weighted by atomic mass is 9.98. The van der Waals surface area contributed by atoms with Gasteiger partial charge in [0.05, 0.1) is 5.16 Å². The molecule has 5 rings (SSSR count). The van der Waals surface area contributed by atoms with Crippen LogP contribution in [0, 0.1) is 34.9 Å². The number of hydrogen-bond acceptors (Lipinski definition) is 3. The number of ether oxygens (including phenoxy) is 1. The summed E-state index contributed by atoms with van der Waals surface area (Å²) in [5.74, 6) is -8.19. The summed E-state index contributed by atoms with van der Waals surface area (Å²) in [6.07, 6.45) is -0.566. The van der Waals surface area contributed by atoms with Crippen molar-refractivity contribution in [3.63, 3.8) is 0 Å². The molecule has 0 unspecified atom stereocenters. The van der Waals surface area contributed by atoms with E-state index in [1.807, 2.05) is 17.3 Å². The van der Waals surface area contributed by atoms with E-state index in [4.69, 9.17) is 0 Å². The molecular weight excluding hydrogens is 658 g/mol. The van der Waals surface area contributed by atoms with E-state index >= 15 is 17.6 Å². The standard InChI is InChI=1S/C37H25F8NOS/c1-2-3-4-5-21-6-8-22(9-7-21)24-15-31(40)35(32(41)16-24)37(44,45)47-26-11-13-27(30(39)19-26)23-10-12-28(29(38)14-23)25-17-33(42)36(46-20-48)34(43)18-25/h6-19H,2-5H2,1H3. The zero-order chi connectivity index (χ0) is 34.6. The van der Waals surface area contributed by atoms with Crippen LogP contribution >= 0.6 is 12.2 Å². The summed E-state index contributed by atoms with van der Waals surface area (Å²) in [4.78, 5) is 3.29. The molecule has 0 aliphatic heterocycles. The summed E-state index contributed by atoms with van der Waals surface area (Å²) < 4.78 is 123.